The number of methoxy groups -OCH3 is 1. The number of carboxylic acids is 1. The molecule has 0 aliphatic rings. The first-order valence-electron chi connectivity index (χ1n) is 8.73. The zero-order chi connectivity index (χ0) is 19.5. The van der Waals surface area contributed by atoms with Crippen LogP contribution in [0.3, 0.4) is 0 Å². The van der Waals surface area contributed by atoms with E-state index in [-0.39, 0.29) is 6.42 Å². The number of anilines is 1. The molecule has 0 aromatic heterocycles. The number of carbonyl (C=O) groups excluding carboxylic acids is 1. The third kappa shape index (κ3) is 7.59. The number of nitrogens with one attached hydrogen (secondary N) is 2. The van der Waals surface area contributed by atoms with Gasteiger partial charge in [-0.05, 0) is 50.8 Å². The summed E-state index contributed by atoms with van der Waals surface area (Å²) in [5, 5.41) is 15.3. The molecule has 1 atom stereocenters. The van der Waals surface area contributed by atoms with E-state index in [0.717, 1.165) is 26.1 Å². The molecule has 0 saturated heterocycles. The van der Waals surface area contributed by atoms with Crippen molar-refractivity contribution >= 4 is 29.2 Å². The van der Waals surface area contributed by atoms with Gasteiger partial charge in [0, 0.05) is 5.69 Å². The monoisotopic (exact) mass is 385 g/mol. The molecule has 1 rings (SSSR count). The molecule has 1 amide bonds. The predicted octanol–water partition coefficient (Wildman–Crippen LogP) is 2.45. The summed E-state index contributed by atoms with van der Waals surface area (Å²) >= 11 is 6.02. The fourth-order valence-electron chi connectivity index (χ4n) is 2.51. The average molecular weight is 386 g/mol. The Labute approximate surface area is 159 Å². The number of hydrogen-bond donors (Lipinski definition) is 3. The zero-order valence-electron chi connectivity index (χ0n) is 15.5. The van der Waals surface area contributed by atoms with Gasteiger partial charge in [-0.1, -0.05) is 25.4 Å². The van der Waals surface area contributed by atoms with E-state index in [1.165, 1.54) is 7.11 Å². The highest BCUT2D eigenvalue weighted by Crippen LogP contribution is 2.27. The van der Waals surface area contributed by atoms with Crippen molar-refractivity contribution in [3.8, 4) is 5.75 Å². The maximum atomic E-state index is 12.1. The van der Waals surface area contributed by atoms with Crippen LogP contribution in [0.5, 0.6) is 5.75 Å². The molecule has 3 N–H and O–H groups in total. The third-order valence-corrected chi connectivity index (χ3v) is 4.35. The lowest BCUT2D eigenvalue weighted by molar-refractivity contribution is -0.141. The molecule has 0 radical (unpaired) electrons. The molecule has 1 aromatic carbocycles. The second kappa shape index (κ2) is 11.7. The van der Waals surface area contributed by atoms with E-state index in [1.807, 2.05) is 0 Å². The molecule has 146 valence electrons. The van der Waals surface area contributed by atoms with Crippen LogP contribution in [0.25, 0.3) is 0 Å². The van der Waals surface area contributed by atoms with E-state index >= 15 is 0 Å². The van der Waals surface area contributed by atoms with Gasteiger partial charge in [0.2, 0.25) is 5.91 Å². The molecule has 1 aromatic rings. The maximum absolute atomic E-state index is 12.1. The van der Waals surface area contributed by atoms with E-state index in [2.05, 4.69) is 29.4 Å². The number of hydrogen-bond acceptors (Lipinski definition) is 5. The van der Waals surface area contributed by atoms with E-state index in [1.54, 1.807) is 18.2 Å². The van der Waals surface area contributed by atoms with Crippen LogP contribution in [0.1, 0.15) is 26.7 Å². The number of rotatable bonds is 12. The second-order valence-corrected chi connectivity index (χ2v) is 6.23. The zero-order valence-corrected chi connectivity index (χ0v) is 16.3. The van der Waals surface area contributed by atoms with E-state index in [4.69, 9.17) is 16.3 Å². The topological polar surface area (TPSA) is 90.9 Å². The molecule has 0 bridgehead atoms. The SMILES string of the molecule is CCN(CC)CCCNC(CC(=O)Nc1ccc(OC)c(Cl)c1)C(=O)O. The normalized spacial score (nSPS) is 12.0. The largest absolute Gasteiger partial charge is 0.495 e. The molecular weight excluding hydrogens is 358 g/mol. The Hall–Kier alpha value is -1.83. The van der Waals surface area contributed by atoms with Crippen molar-refractivity contribution in [1.29, 1.82) is 0 Å². The molecular formula is C18H28ClN3O4. The minimum absolute atomic E-state index is 0.162. The van der Waals surface area contributed by atoms with Crippen LogP contribution in [-0.2, 0) is 9.59 Å². The molecule has 1 unspecified atom stereocenters. The number of benzene rings is 1. The Morgan fingerprint density at radius 1 is 1.31 bits per heavy atom. The van der Waals surface area contributed by atoms with Gasteiger partial charge in [-0.2, -0.15) is 0 Å². The van der Waals surface area contributed by atoms with Gasteiger partial charge >= 0.3 is 5.97 Å². The van der Waals surface area contributed by atoms with E-state index in [9.17, 15) is 14.7 Å². The molecule has 0 saturated carbocycles. The van der Waals surface area contributed by atoms with Crippen molar-refractivity contribution in [2.24, 2.45) is 0 Å². The predicted molar refractivity (Wildman–Crippen MR) is 103 cm³/mol. The maximum Gasteiger partial charge on any atom is 0.321 e. The number of amides is 1. The average Bonchev–Trinajstić information content (AvgIpc) is 2.60. The second-order valence-electron chi connectivity index (χ2n) is 5.83. The van der Waals surface area contributed by atoms with Crippen LogP contribution in [0.15, 0.2) is 18.2 Å². The Bertz CT molecular complexity index is 594. The molecule has 0 fully saturated rings. The van der Waals surface area contributed by atoms with E-state index in [0.29, 0.717) is 23.0 Å². The molecule has 0 spiro atoms. The van der Waals surface area contributed by atoms with Crippen LogP contribution < -0.4 is 15.4 Å². The van der Waals surface area contributed by atoms with Crippen LogP contribution in [0.4, 0.5) is 5.69 Å². The quantitative estimate of drug-likeness (QED) is 0.479. The Morgan fingerprint density at radius 3 is 2.54 bits per heavy atom. The van der Waals surface area contributed by atoms with Crippen molar-refractivity contribution in [3.05, 3.63) is 23.2 Å². The smallest absolute Gasteiger partial charge is 0.321 e. The highest BCUT2D eigenvalue weighted by Gasteiger charge is 2.20. The number of nitrogens with zero attached hydrogens (tertiary/aromatic N) is 1. The Balaban J connectivity index is 2.49. The van der Waals surface area contributed by atoms with Gasteiger partial charge in [-0.3, -0.25) is 9.59 Å². The number of carboxylic acid groups (broad SMARTS) is 1. The molecule has 0 aliphatic carbocycles. The molecule has 0 aliphatic heterocycles. The summed E-state index contributed by atoms with van der Waals surface area (Å²) in [6.45, 7) is 7.54. The lowest BCUT2D eigenvalue weighted by Crippen LogP contribution is -2.41. The molecule has 0 heterocycles. The molecule has 26 heavy (non-hydrogen) atoms. The molecule has 8 heteroatoms. The summed E-state index contributed by atoms with van der Waals surface area (Å²) in [5.74, 6) is -0.937. The van der Waals surface area contributed by atoms with Crippen molar-refractivity contribution in [1.82, 2.24) is 10.2 Å². The highest BCUT2D eigenvalue weighted by atomic mass is 35.5. The van der Waals surface area contributed by atoms with Gasteiger partial charge in [0.15, 0.2) is 0 Å². The summed E-state index contributed by atoms with van der Waals surface area (Å²) < 4.78 is 5.05. The van der Waals surface area contributed by atoms with Crippen molar-refractivity contribution < 1.29 is 19.4 Å². The Morgan fingerprint density at radius 2 is 2.00 bits per heavy atom. The fourth-order valence-corrected chi connectivity index (χ4v) is 2.76. The van der Waals surface area contributed by atoms with E-state index < -0.39 is 17.9 Å². The van der Waals surface area contributed by atoms with Crippen molar-refractivity contribution in [2.75, 3.05) is 38.6 Å². The summed E-state index contributed by atoms with van der Waals surface area (Å²) in [4.78, 5) is 25.8. The van der Waals surface area contributed by atoms with Crippen LogP contribution in [0, 0.1) is 0 Å². The van der Waals surface area contributed by atoms with Crippen LogP contribution in [-0.4, -0.2) is 61.2 Å². The summed E-state index contributed by atoms with van der Waals surface area (Å²) in [6.07, 6.45) is 0.658. The first-order valence-corrected chi connectivity index (χ1v) is 9.10. The van der Waals surface area contributed by atoms with Gasteiger partial charge in [0.25, 0.3) is 0 Å². The number of halogens is 1. The Kier molecular flexibility index (Phi) is 10.0. The minimum atomic E-state index is -1.05. The number of carbonyl (C=O) groups is 2. The number of ether oxygens (including phenoxy) is 1. The lowest BCUT2D eigenvalue weighted by atomic mass is 10.2. The summed E-state index contributed by atoms with van der Waals surface area (Å²) in [5.41, 5.74) is 0.492. The molecule has 7 nitrogen and oxygen atoms in total. The van der Waals surface area contributed by atoms with Gasteiger partial charge in [-0.15, -0.1) is 0 Å². The first kappa shape index (κ1) is 22.2. The highest BCUT2D eigenvalue weighted by molar-refractivity contribution is 6.32. The first-order chi connectivity index (χ1) is 12.4. The summed E-state index contributed by atoms with van der Waals surface area (Å²) in [7, 11) is 1.50. The third-order valence-electron chi connectivity index (χ3n) is 4.06. The van der Waals surface area contributed by atoms with Crippen molar-refractivity contribution in [2.45, 2.75) is 32.7 Å². The van der Waals surface area contributed by atoms with Gasteiger partial charge in [0.05, 0.1) is 18.6 Å². The standard InChI is InChI=1S/C18H28ClN3O4/c1-4-22(5-2)10-6-9-20-15(18(24)25)12-17(23)21-13-7-8-16(26-3)14(19)11-13/h7-8,11,15,20H,4-6,9-10,12H2,1-3H3,(H,21,23)(H,24,25). The van der Waals surface area contributed by atoms with Crippen LogP contribution >= 0.6 is 11.6 Å². The van der Waals surface area contributed by atoms with Gasteiger partial charge in [0.1, 0.15) is 11.8 Å². The van der Waals surface area contributed by atoms with Gasteiger partial charge < -0.3 is 25.4 Å². The lowest BCUT2D eigenvalue weighted by Gasteiger charge is -2.19. The summed E-state index contributed by atoms with van der Waals surface area (Å²) in [6, 6.07) is 3.92. The van der Waals surface area contributed by atoms with Crippen molar-refractivity contribution in [3.63, 3.8) is 0 Å². The van der Waals surface area contributed by atoms with Crippen LogP contribution in [0.2, 0.25) is 5.02 Å². The number of aliphatic carboxylic acids is 1. The minimum Gasteiger partial charge on any atom is -0.495 e. The van der Waals surface area contributed by atoms with Gasteiger partial charge in [-0.25, -0.2) is 0 Å². The fraction of sp³-hybridized carbons (Fsp3) is 0.556.